The number of piperidine rings is 1. The van der Waals surface area contributed by atoms with Crippen LogP contribution >= 0.6 is 11.6 Å². The van der Waals surface area contributed by atoms with Crippen molar-refractivity contribution in [3.05, 3.63) is 62.7 Å². The minimum absolute atomic E-state index is 0.0443. The van der Waals surface area contributed by atoms with Gasteiger partial charge in [0.25, 0.3) is 5.56 Å². The maximum Gasteiger partial charge on any atom is 0.276 e. The summed E-state index contributed by atoms with van der Waals surface area (Å²) in [5.74, 6) is 0.841. The van der Waals surface area contributed by atoms with Crippen molar-refractivity contribution >= 4 is 22.9 Å². The van der Waals surface area contributed by atoms with Crippen molar-refractivity contribution in [1.82, 2.24) is 14.2 Å². The highest BCUT2D eigenvalue weighted by molar-refractivity contribution is 6.31. The molecule has 1 aliphatic rings. The van der Waals surface area contributed by atoms with Gasteiger partial charge in [-0.1, -0.05) is 29.8 Å². The van der Waals surface area contributed by atoms with Gasteiger partial charge in [-0.05, 0) is 31.4 Å². The predicted molar refractivity (Wildman–Crippen MR) is 109 cm³/mol. The molecule has 3 heterocycles. The molecular formula is C20H24ClN5O. The lowest BCUT2D eigenvalue weighted by Gasteiger charge is -2.31. The summed E-state index contributed by atoms with van der Waals surface area (Å²) in [4.78, 5) is 15.2. The van der Waals surface area contributed by atoms with Crippen LogP contribution in [0.25, 0.3) is 5.52 Å². The van der Waals surface area contributed by atoms with E-state index in [1.807, 2.05) is 37.4 Å². The summed E-state index contributed by atoms with van der Waals surface area (Å²) >= 11 is 6.41. The van der Waals surface area contributed by atoms with Gasteiger partial charge in [-0.3, -0.25) is 4.79 Å². The molecule has 3 aromatic rings. The maximum absolute atomic E-state index is 13.0. The summed E-state index contributed by atoms with van der Waals surface area (Å²) in [7, 11) is 1.79. The van der Waals surface area contributed by atoms with Crippen LogP contribution in [-0.4, -0.2) is 33.3 Å². The molecule has 0 spiro atoms. The third kappa shape index (κ3) is 3.24. The fourth-order valence-corrected chi connectivity index (χ4v) is 4.01. The molecule has 142 valence electrons. The number of aromatic nitrogens is 3. The zero-order chi connectivity index (χ0) is 19.1. The number of hydrogen-bond donors (Lipinski definition) is 1. The smallest absolute Gasteiger partial charge is 0.276 e. The zero-order valence-electron chi connectivity index (χ0n) is 15.7. The van der Waals surface area contributed by atoms with E-state index >= 15 is 0 Å². The van der Waals surface area contributed by atoms with E-state index in [-0.39, 0.29) is 11.6 Å². The summed E-state index contributed by atoms with van der Waals surface area (Å²) in [5, 5.41) is 5.49. The first kappa shape index (κ1) is 18.1. The Kier molecular flexibility index (Phi) is 4.70. The second-order valence-electron chi connectivity index (χ2n) is 7.35. The molecule has 1 aliphatic heterocycles. The van der Waals surface area contributed by atoms with Gasteiger partial charge in [0.15, 0.2) is 5.82 Å². The fourth-order valence-electron chi connectivity index (χ4n) is 3.81. The number of rotatable bonds is 3. The zero-order valence-corrected chi connectivity index (χ0v) is 16.4. The van der Waals surface area contributed by atoms with Gasteiger partial charge in [-0.2, -0.15) is 0 Å². The minimum Gasteiger partial charge on any atom is -0.353 e. The predicted octanol–water partition coefficient (Wildman–Crippen LogP) is 2.51. The van der Waals surface area contributed by atoms with Crippen LogP contribution in [-0.2, 0) is 13.5 Å². The molecule has 0 radical (unpaired) electrons. The second-order valence-corrected chi connectivity index (χ2v) is 7.75. The fraction of sp³-hybridized carbons (Fsp3) is 0.400. The average Bonchev–Trinajstić information content (AvgIpc) is 3.00. The lowest BCUT2D eigenvalue weighted by atomic mass is 10.0. The van der Waals surface area contributed by atoms with E-state index in [0.717, 1.165) is 48.6 Å². The molecule has 1 aromatic carbocycles. The molecule has 2 N–H and O–H groups in total. The van der Waals surface area contributed by atoms with Gasteiger partial charge in [0.05, 0.1) is 0 Å². The molecular weight excluding hydrogens is 362 g/mol. The maximum atomic E-state index is 13.0. The summed E-state index contributed by atoms with van der Waals surface area (Å²) in [5.41, 5.74) is 9.52. The van der Waals surface area contributed by atoms with Crippen LogP contribution in [0.15, 0.2) is 35.3 Å². The van der Waals surface area contributed by atoms with Gasteiger partial charge in [0, 0.05) is 55.1 Å². The third-order valence-corrected chi connectivity index (χ3v) is 5.78. The Morgan fingerprint density at radius 2 is 2.11 bits per heavy atom. The molecule has 0 bridgehead atoms. The van der Waals surface area contributed by atoms with E-state index in [1.165, 1.54) is 0 Å². The van der Waals surface area contributed by atoms with Crippen molar-refractivity contribution in [2.24, 2.45) is 12.8 Å². The van der Waals surface area contributed by atoms with Crippen LogP contribution < -0.4 is 16.2 Å². The lowest BCUT2D eigenvalue weighted by molar-refractivity contribution is 0.502. The number of nitrogens with zero attached hydrogens (tertiary/aromatic N) is 4. The summed E-state index contributed by atoms with van der Waals surface area (Å²) in [6.45, 7) is 3.55. The van der Waals surface area contributed by atoms with Crippen LogP contribution in [0.2, 0.25) is 5.02 Å². The number of nitrogens with two attached hydrogens (primary N) is 1. The van der Waals surface area contributed by atoms with Gasteiger partial charge >= 0.3 is 0 Å². The van der Waals surface area contributed by atoms with Crippen LogP contribution in [0.4, 0.5) is 5.82 Å². The highest BCUT2D eigenvalue weighted by Gasteiger charge is 2.25. The molecule has 0 aliphatic carbocycles. The molecule has 0 amide bonds. The topological polar surface area (TPSA) is 68.6 Å². The highest BCUT2D eigenvalue weighted by Crippen LogP contribution is 2.29. The van der Waals surface area contributed by atoms with Crippen LogP contribution in [0.5, 0.6) is 0 Å². The Balaban J connectivity index is 1.92. The number of benzene rings is 1. The summed E-state index contributed by atoms with van der Waals surface area (Å²) < 4.78 is 3.39. The summed E-state index contributed by atoms with van der Waals surface area (Å²) in [6, 6.07) is 7.87. The van der Waals surface area contributed by atoms with E-state index in [4.69, 9.17) is 22.4 Å². The molecule has 6 nitrogen and oxygen atoms in total. The molecule has 1 fully saturated rings. The molecule has 27 heavy (non-hydrogen) atoms. The molecule has 7 heteroatoms. The van der Waals surface area contributed by atoms with Gasteiger partial charge in [0.1, 0.15) is 5.52 Å². The van der Waals surface area contributed by atoms with Gasteiger partial charge in [-0.25, -0.2) is 4.52 Å². The van der Waals surface area contributed by atoms with Crippen molar-refractivity contribution in [3.63, 3.8) is 0 Å². The van der Waals surface area contributed by atoms with Crippen molar-refractivity contribution in [2.75, 3.05) is 18.0 Å². The number of anilines is 1. The van der Waals surface area contributed by atoms with Crippen molar-refractivity contribution in [1.29, 1.82) is 0 Å². The van der Waals surface area contributed by atoms with E-state index in [1.54, 1.807) is 16.1 Å². The molecule has 0 unspecified atom stereocenters. The van der Waals surface area contributed by atoms with Crippen molar-refractivity contribution in [2.45, 2.75) is 32.2 Å². The van der Waals surface area contributed by atoms with Gasteiger partial charge in [0.2, 0.25) is 0 Å². The summed E-state index contributed by atoms with van der Waals surface area (Å²) in [6.07, 6.45) is 4.50. The number of hydrogen-bond acceptors (Lipinski definition) is 4. The standard InChI is InChI=1S/C20H24ClN5O/c1-13-11-26-18(20(27)24(13)2)16(10-14-6-3-4-8-17(14)21)19(23-26)25-9-5-7-15(22)12-25/h3-4,6,8,11,15H,5,7,9-10,12,22H2,1-2H3/t15-/m1/s1. The SMILES string of the molecule is Cc1cn2nc(N3CCC[C@@H](N)C3)c(Cc3ccccc3Cl)c2c(=O)n1C. The Hall–Kier alpha value is -2.31. The van der Waals surface area contributed by atoms with E-state index in [0.29, 0.717) is 17.0 Å². The van der Waals surface area contributed by atoms with E-state index < -0.39 is 0 Å². The molecule has 2 aromatic heterocycles. The molecule has 1 atom stereocenters. The highest BCUT2D eigenvalue weighted by atomic mass is 35.5. The average molecular weight is 386 g/mol. The van der Waals surface area contributed by atoms with Gasteiger partial charge < -0.3 is 15.2 Å². The normalized spacial score (nSPS) is 17.6. The first-order chi connectivity index (χ1) is 13.0. The van der Waals surface area contributed by atoms with E-state index in [2.05, 4.69) is 4.90 Å². The first-order valence-corrected chi connectivity index (χ1v) is 9.65. The Morgan fingerprint density at radius 1 is 1.33 bits per heavy atom. The number of aryl methyl sites for hydroxylation is 1. The molecule has 0 saturated carbocycles. The van der Waals surface area contributed by atoms with Gasteiger partial charge in [-0.15, -0.1) is 5.10 Å². The third-order valence-electron chi connectivity index (χ3n) is 5.42. The van der Waals surface area contributed by atoms with Crippen molar-refractivity contribution in [3.8, 4) is 0 Å². The Bertz CT molecular complexity index is 1050. The van der Waals surface area contributed by atoms with Crippen molar-refractivity contribution < 1.29 is 0 Å². The first-order valence-electron chi connectivity index (χ1n) is 9.27. The lowest BCUT2D eigenvalue weighted by Crippen LogP contribution is -2.43. The molecule has 4 rings (SSSR count). The Labute approximate surface area is 163 Å². The van der Waals surface area contributed by atoms with E-state index in [9.17, 15) is 4.79 Å². The quantitative estimate of drug-likeness (QED) is 0.752. The number of halogens is 1. The number of fused-ring (bicyclic) bond motifs is 1. The Morgan fingerprint density at radius 3 is 2.85 bits per heavy atom. The second kappa shape index (κ2) is 7.02. The van der Waals surface area contributed by atoms with Crippen LogP contribution in [0, 0.1) is 6.92 Å². The van der Waals surface area contributed by atoms with Crippen LogP contribution in [0.1, 0.15) is 29.7 Å². The minimum atomic E-state index is -0.0443. The molecule has 1 saturated heterocycles. The van der Waals surface area contributed by atoms with Crippen LogP contribution in [0.3, 0.4) is 0 Å². The monoisotopic (exact) mass is 385 g/mol. The largest absolute Gasteiger partial charge is 0.353 e.